The van der Waals surface area contributed by atoms with Gasteiger partial charge in [-0.1, -0.05) is 18.0 Å². The minimum absolute atomic E-state index is 0. The van der Waals surface area contributed by atoms with E-state index in [-0.39, 0.29) is 28.9 Å². The molecule has 1 fully saturated rings. The van der Waals surface area contributed by atoms with Crippen molar-refractivity contribution >= 4 is 24.0 Å². The Morgan fingerprint density at radius 2 is 1.90 bits per heavy atom. The molecule has 0 radical (unpaired) electrons. The van der Waals surface area contributed by atoms with Gasteiger partial charge in [-0.2, -0.15) is 13.2 Å². The third kappa shape index (κ3) is 3.58. The summed E-state index contributed by atoms with van der Waals surface area (Å²) in [5.74, 6) is 0.0561. The highest BCUT2D eigenvalue weighted by Gasteiger charge is 2.34. The second-order valence-electron chi connectivity index (χ2n) is 4.94. The van der Waals surface area contributed by atoms with E-state index in [0.717, 1.165) is 31.4 Å². The maximum atomic E-state index is 12.7. The Kier molecular flexibility index (Phi) is 5.72. The largest absolute Gasteiger partial charge is 0.416 e. The fourth-order valence-electron chi connectivity index (χ4n) is 2.23. The topological polar surface area (TPSA) is 46.2 Å². The van der Waals surface area contributed by atoms with E-state index in [0.29, 0.717) is 0 Å². The molecule has 7 heteroatoms. The molecule has 0 heterocycles. The van der Waals surface area contributed by atoms with Gasteiger partial charge < -0.3 is 10.8 Å². The summed E-state index contributed by atoms with van der Waals surface area (Å²) < 4.78 is 38.0. The molecule has 1 aromatic carbocycles. The first-order chi connectivity index (χ1) is 8.80. The third-order valence-electron chi connectivity index (χ3n) is 3.68. The molecule has 0 spiro atoms. The predicted octanol–water partition coefficient (Wildman–Crippen LogP) is 3.94. The lowest BCUT2D eigenvalue weighted by atomic mass is 9.77. The number of hydrogen-bond donors (Lipinski definition) is 2. The Morgan fingerprint density at radius 3 is 2.35 bits per heavy atom. The van der Waals surface area contributed by atoms with Gasteiger partial charge in [0.2, 0.25) is 0 Å². The van der Waals surface area contributed by atoms with Gasteiger partial charge in [-0.3, -0.25) is 0 Å². The molecule has 114 valence electrons. The van der Waals surface area contributed by atoms with E-state index >= 15 is 0 Å². The van der Waals surface area contributed by atoms with Crippen molar-refractivity contribution in [3.8, 4) is 0 Å². The molecule has 1 aliphatic rings. The monoisotopic (exact) mass is 329 g/mol. The van der Waals surface area contributed by atoms with Crippen LogP contribution in [0.5, 0.6) is 0 Å². The van der Waals surface area contributed by atoms with E-state index in [2.05, 4.69) is 0 Å². The highest BCUT2D eigenvalue weighted by Crippen LogP contribution is 2.38. The van der Waals surface area contributed by atoms with Crippen molar-refractivity contribution < 1.29 is 18.3 Å². The molecule has 0 saturated heterocycles. The zero-order chi connectivity index (χ0) is 14.2. The lowest BCUT2D eigenvalue weighted by molar-refractivity contribution is -0.137. The predicted molar refractivity (Wildman–Crippen MR) is 74.0 cm³/mol. The number of hydrogen-bond acceptors (Lipinski definition) is 2. The van der Waals surface area contributed by atoms with Crippen molar-refractivity contribution in [3.63, 3.8) is 0 Å². The minimum Gasteiger partial charge on any atom is -0.391 e. The van der Waals surface area contributed by atoms with Crippen LogP contribution >= 0.6 is 24.0 Å². The van der Waals surface area contributed by atoms with Gasteiger partial charge in [-0.15, -0.1) is 12.4 Å². The molecule has 1 aliphatic carbocycles. The Bertz CT molecular complexity index is 463. The van der Waals surface area contributed by atoms with E-state index in [4.69, 9.17) is 17.3 Å². The first kappa shape index (κ1) is 17.6. The molecular formula is C13H16Cl2F3NO. The van der Waals surface area contributed by atoms with Gasteiger partial charge in [-0.05, 0) is 42.5 Å². The van der Waals surface area contributed by atoms with Gasteiger partial charge in [0.1, 0.15) is 0 Å². The summed E-state index contributed by atoms with van der Waals surface area (Å²) in [4.78, 5) is 0. The van der Waals surface area contributed by atoms with Crippen LogP contribution in [0.1, 0.15) is 36.4 Å². The van der Waals surface area contributed by atoms with Gasteiger partial charge in [0.25, 0.3) is 0 Å². The molecule has 20 heavy (non-hydrogen) atoms. The van der Waals surface area contributed by atoms with Crippen LogP contribution in [-0.2, 0) is 6.18 Å². The normalized spacial score (nSPS) is 18.9. The standard InChI is InChI=1S/C13H15ClF3NO.ClH/c14-10-5-4-8(13(15,16)17)6-9(10)11(18)12(19)7-2-1-3-7;/h4-7,11-12,19H,1-3,18H2;1H/t11-,12+;/m1./s1. The molecular weight excluding hydrogens is 314 g/mol. The SMILES string of the molecule is Cl.N[C@H](c1cc(C(F)(F)F)ccc1Cl)[C@@H](O)C1CCC1. The minimum atomic E-state index is -4.44. The van der Waals surface area contributed by atoms with Crippen molar-refractivity contribution in [2.24, 2.45) is 11.7 Å². The number of aliphatic hydroxyl groups is 1. The number of benzene rings is 1. The average Bonchev–Trinajstić information content (AvgIpc) is 2.24. The molecule has 0 unspecified atom stereocenters. The maximum Gasteiger partial charge on any atom is 0.416 e. The number of aliphatic hydroxyl groups excluding tert-OH is 1. The molecule has 1 aromatic rings. The number of halogens is 5. The Labute approximate surface area is 126 Å². The summed E-state index contributed by atoms with van der Waals surface area (Å²) in [7, 11) is 0. The number of nitrogens with two attached hydrogens (primary N) is 1. The first-order valence-electron chi connectivity index (χ1n) is 6.11. The van der Waals surface area contributed by atoms with Crippen LogP contribution in [0.2, 0.25) is 5.02 Å². The fourth-order valence-corrected chi connectivity index (χ4v) is 2.48. The molecule has 0 bridgehead atoms. The molecule has 2 nitrogen and oxygen atoms in total. The zero-order valence-corrected chi connectivity index (χ0v) is 12.1. The van der Waals surface area contributed by atoms with Crippen molar-refractivity contribution in [3.05, 3.63) is 34.3 Å². The van der Waals surface area contributed by atoms with Gasteiger partial charge in [0, 0.05) is 5.02 Å². The third-order valence-corrected chi connectivity index (χ3v) is 4.03. The Morgan fingerprint density at radius 1 is 1.30 bits per heavy atom. The van der Waals surface area contributed by atoms with Crippen LogP contribution < -0.4 is 5.73 Å². The van der Waals surface area contributed by atoms with E-state index in [1.54, 1.807) is 0 Å². The van der Waals surface area contributed by atoms with Crippen molar-refractivity contribution in [1.82, 2.24) is 0 Å². The smallest absolute Gasteiger partial charge is 0.391 e. The quantitative estimate of drug-likeness (QED) is 0.882. The molecule has 2 atom stereocenters. The van der Waals surface area contributed by atoms with Crippen LogP contribution in [0.3, 0.4) is 0 Å². The molecule has 0 amide bonds. The van der Waals surface area contributed by atoms with Crippen LogP contribution in [0, 0.1) is 5.92 Å². The molecule has 3 N–H and O–H groups in total. The van der Waals surface area contributed by atoms with Crippen LogP contribution in [0.25, 0.3) is 0 Å². The van der Waals surface area contributed by atoms with Gasteiger partial charge >= 0.3 is 6.18 Å². The highest BCUT2D eigenvalue weighted by atomic mass is 35.5. The van der Waals surface area contributed by atoms with Gasteiger partial charge in [-0.25, -0.2) is 0 Å². The summed E-state index contributed by atoms with van der Waals surface area (Å²) in [6, 6.07) is 2.12. The lowest BCUT2D eigenvalue weighted by Gasteiger charge is -2.34. The summed E-state index contributed by atoms with van der Waals surface area (Å²) >= 11 is 5.89. The average molecular weight is 330 g/mol. The first-order valence-corrected chi connectivity index (χ1v) is 6.49. The second kappa shape index (κ2) is 6.52. The lowest BCUT2D eigenvalue weighted by Crippen LogP contribution is -2.36. The highest BCUT2D eigenvalue weighted by molar-refractivity contribution is 6.31. The Hall–Kier alpha value is -0.490. The maximum absolute atomic E-state index is 12.7. The summed E-state index contributed by atoms with van der Waals surface area (Å²) in [5.41, 5.74) is 5.21. The molecule has 1 saturated carbocycles. The summed E-state index contributed by atoms with van der Waals surface area (Å²) in [6.45, 7) is 0. The van der Waals surface area contributed by atoms with E-state index in [1.165, 1.54) is 6.07 Å². The van der Waals surface area contributed by atoms with E-state index < -0.39 is 23.9 Å². The van der Waals surface area contributed by atoms with Crippen LogP contribution in [0.15, 0.2) is 18.2 Å². The number of alkyl halides is 3. The van der Waals surface area contributed by atoms with Crippen molar-refractivity contribution in [2.45, 2.75) is 37.6 Å². The summed E-state index contributed by atoms with van der Waals surface area (Å²) in [6.07, 6.45) is -2.57. The van der Waals surface area contributed by atoms with Gasteiger partial charge in [0.05, 0.1) is 17.7 Å². The van der Waals surface area contributed by atoms with E-state index in [9.17, 15) is 18.3 Å². The fraction of sp³-hybridized carbons (Fsp3) is 0.538. The zero-order valence-electron chi connectivity index (χ0n) is 10.5. The molecule has 2 rings (SSSR count). The molecule has 0 aliphatic heterocycles. The second-order valence-corrected chi connectivity index (χ2v) is 5.35. The molecule has 0 aromatic heterocycles. The number of rotatable bonds is 3. The van der Waals surface area contributed by atoms with Crippen LogP contribution in [0.4, 0.5) is 13.2 Å². The Balaban J connectivity index is 0.00000200. The van der Waals surface area contributed by atoms with Crippen LogP contribution in [-0.4, -0.2) is 11.2 Å². The van der Waals surface area contributed by atoms with Crippen molar-refractivity contribution in [1.29, 1.82) is 0 Å². The van der Waals surface area contributed by atoms with E-state index in [1.807, 2.05) is 0 Å². The van der Waals surface area contributed by atoms with Gasteiger partial charge in [0.15, 0.2) is 0 Å². The summed E-state index contributed by atoms with van der Waals surface area (Å²) in [5, 5.41) is 10.2. The van der Waals surface area contributed by atoms with Crippen molar-refractivity contribution in [2.75, 3.05) is 0 Å².